The Balaban J connectivity index is 4.14. The molecule has 1 atom stereocenters. The van der Waals surface area contributed by atoms with Crippen LogP contribution in [0.5, 0.6) is 0 Å². The number of carbonyl (C=O) groups is 3. The van der Waals surface area contributed by atoms with Crippen LogP contribution in [0, 0.1) is 0 Å². The second-order valence-corrected chi connectivity index (χ2v) is 22.7. The van der Waals surface area contributed by atoms with Crippen molar-refractivity contribution in [2.75, 3.05) is 13.2 Å². The smallest absolute Gasteiger partial charge is 0.306 e. The normalized spacial score (nSPS) is 12.6. The first-order valence-corrected chi connectivity index (χ1v) is 34.1. The van der Waals surface area contributed by atoms with Gasteiger partial charge in [0.2, 0.25) is 0 Å². The molecule has 6 nitrogen and oxygen atoms in total. The Labute approximate surface area is 490 Å². The second kappa shape index (κ2) is 67.1. The summed E-state index contributed by atoms with van der Waals surface area (Å²) >= 11 is 0. The summed E-state index contributed by atoms with van der Waals surface area (Å²) in [5.41, 5.74) is 0. The Morgan fingerprint density at radius 3 is 0.772 bits per heavy atom. The highest BCUT2D eigenvalue weighted by molar-refractivity contribution is 5.71. The van der Waals surface area contributed by atoms with Crippen LogP contribution in [0.1, 0.15) is 342 Å². The van der Waals surface area contributed by atoms with E-state index in [0.29, 0.717) is 19.3 Å². The third kappa shape index (κ3) is 65.3. The maximum absolute atomic E-state index is 12.9. The molecule has 6 heteroatoms. The van der Waals surface area contributed by atoms with Gasteiger partial charge in [-0.1, -0.05) is 311 Å². The Bertz CT molecular complexity index is 1500. The molecule has 0 aromatic rings. The van der Waals surface area contributed by atoms with Crippen LogP contribution in [0.15, 0.2) is 85.1 Å². The van der Waals surface area contributed by atoms with Gasteiger partial charge in [0.15, 0.2) is 6.10 Å². The van der Waals surface area contributed by atoms with Gasteiger partial charge in [0.1, 0.15) is 13.2 Å². The zero-order chi connectivity index (χ0) is 57.1. The monoisotopic (exact) mass is 1100 g/mol. The minimum absolute atomic E-state index is 0.0809. The molecule has 0 heterocycles. The molecule has 0 aliphatic carbocycles. The van der Waals surface area contributed by atoms with Gasteiger partial charge in [-0.15, -0.1) is 0 Å². The van der Waals surface area contributed by atoms with Gasteiger partial charge in [0, 0.05) is 19.3 Å². The molecule has 0 aliphatic rings. The zero-order valence-corrected chi connectivity index (χ0v) is 52.4. The SMILES string of the molecule is CC/C=C\C/C=C\C/C=C\C/C=C\C/C=C\CCCCCCCC(=O)OC(COC(=O)CCCCCCCCCCC)COC(=O)CCCCCCCCCCCCCCCCCCCCC/C=C\C/C=C\CCCCCCC. The van der Waals surface area contributed by atoms with Crippen LogP contribution in [-0.2, 0) is 28.6 Å². The van der Waals surface area contributed by atoms with Gasteiger partial charge >= 0.3 is 17.9 Å². The fourth-order valence-electron chi connectivity index (χ4n) is 9.80. The van der Waals surface area contributed by atoms with Crippen LogP contribution < -0.4 is 0 Å². The number of ether oxygens (including phenoxy) is 3. The summed E-state index contributed by atoms with van der Waals surface area (Å²) < 4.78 is 16.9. The third-order valence-corrected chi connectivity index (χ3v) is 14.9. The van der Waals surface area contributed by atoms with E-state index in [1.54, 1.807) is 0 Å². The molecule has 0 bridgehead atoms. The quantitative estimate of drug-likeness (QED) is 0.0261. The molecule has 79 heavy (non-hydrogen) atoms. The molecule has 456 valence electrons. The van der Waals surface area contributed by atoms with Crippen molar-refractivity contribution in [3.05, 3.63) is 85.1 Å². The Morgan fingerprint density at radius 2 is 0.494 bits per heavy atom. The maximum atomic E-state index is 12.9. The fourth-order valence-corrected chi connectivity index (χ4v) is 9.80. The van der Waals surface area contributed by atoms with Gasteiger partial charge in [-0.25, -0.2) is 0 Å². The summed E-state index contributed by atoms with van der Waals surface area (Å²) in [6, 6.07) is 0. The molecule has 0 aromatic carbocycles. The third-order valence-electron chi connectivity index (χ3n) is 14.9. The van der Waals surface area contributed by atoms with E-state index in [0.717, 1.165) is 116 Å². The molecule has 0 saturated heterocycles. The van der Waals surface area contributed by atoms with Gasteiger partial charge in [-0.3, -0.25) is 14.4 Å². The van der Waals surface area contributed by atoms with E-state index < -0.39 is 6.10 Å². The van der Waals surface area contributed by atoms with Gasteiger partial charge in [0.25, 0.3) is 0 Å². The minimum Gasteiger partial charge on any atom is -0.462 e. The minimum atomic E-state index is -0.785. The lowest BCUT2D eigenvalue weighted by atomic mass is 10.0. The summed E-state index contributed by atoms with van der Waals surface area (Å²) in [4.78, 5) is 38.2. The van der Waals surface area contributed by atoms with E-state index in [1.807, 2.05) is 0 Å². The Hall–Kier alpha value is -3.41. The first-order valence-electron chi connectivity index (χ1n) is 34.1. The van der Waals surface area contributed by atoms with E-state index in [9.17, 15) is 14.4 Å². The molecule has 0 radical (unpaired) electrons. The van der Waals surface area contributed by atoms with Gasteiger partial charge < -0.3 is 14.2 Å². The Kier molecular flexibility index (Phi) is 64.2. The standard InChI is InChI=1S/C73H128O6/c1-4-7-10-13-16-19-21-23-25-27-29-31-32-33-34-35-36-37-38-39-40-42-43-45-47-49-51-54-57-60-63-66-72(75)78-69-70(68-77-71(74)65-62-59-56-53-18-15-12-9-6-3)79-73(76)67-64-61-58-55-52-50-48-46-44-41-30-28-26-24-22-20-17-14-11-8-5-2/h8,11,17,20-21,23-24,26-27,29-30,41,46,48,70H,4-7,9-10,12-16,18-19,22,25,28,31-40,42-45,47,49-69H2,1-3H3/b11-8-,20-17-,23-21-,26-24-,29-27-,41-30-,48-46-. The number of rotatable bonds is 62. The predicted octanol–water partition coefficient (Wildman–Crippen LogP) is 23.4. The van der Waals surface area contributed by atoms with Crippen LogP contribution in [0.2, 0.25) is 0 Å². The van der Waals surface area contributed by atoms with Crippen molar-refractivity contribution in [3.8, 4) is 0 Å². The summed E-state index contributed by atoms with van der Waals surface area (Å²) in [6.07, 6.45) is 89.1. The number of hydrogen-bond donors (Lipinski definition) is 0. The highest BCUT2D eigenvalue weighted by atomic mass is 16.6. The van der Waals surface area contributed by atoms with Crippen LogP contribution in [0.25, 0.3) is 0 Å². The van der Waals surface area contributed by atoms with Crippen LogP contribution in [-0.4, -0.2) is 37.2 Å². The van der Waals surface area contributed by atoms with E-state index in [2.05, 4.69) is 106 Å². The summed E-state index contributed by atoms with van der Waals surface area (Å²) in [5, 5.41) is 0. The first-order chi connectivity index (χ1) is 39.0. The molecule has 0 amide bonds. The molecule has 0 spiro atoms. The van der Waals surface area contributed by atoms with Gasteiger partial charge in [0.05, 0.1) is 0 Å². The lowest BCUT2D eigenvalue weighted by molar-refractivity contribution is -0.167. The predicted molar refractivity (Wildman–Crippen MR) is 344 cm³/mol. The van der Waals surface area contributed by atoms with Crippen molar-refractivity contribution >= 4 is 17.9 Å². The van der Waals surface area contributed by atoms with Crippen LogP contribution >= 0.6 is 0 Å². The van der Waals surface area contributed by atoms with Gasteiger partial charge in [-0.2, -0.15) is 0 Å². The lowest BCUT2D eigenvalue weighted by Gasteiger charge is -2.18. The first kappa shape index (κ1) is 75.6. The van der Waals surface area contributed by atoms with Crippen molar-refractivity contribution < 1.29 is 28.6 Å². The van der Waals surface area contributed by atoms with Crippen molar-refractivity contribution in [2.45, 2.75) is 348 Å². The van der Waals surface area contributed by atoms with E-state index in [1.165, 1.54) is 186 Å². The molecule has 0 fully saturated rings. The molecule has 0 aliphatic heterocycles. The molecule has 0 N–H and O–H groups in total. The zero-order valence-electron chi connectivity index (χ0n) is 52.4. The maximum Gasteiger partial charge on any atom is 0.306 e. The summed E-state index contributed by atoms with van der Waals surface area (Å²) in [5.74, 6) is -0.888. The van der Waals surface area contributed by atoms with E-state index in [4.69, 9.17) is 14.2 Å². The highest BCUT2D eigenvalue weighted by Crippen LogP contribution is 2.17. The highest BCUT2D eigenvalue weighted by Gasteiger charge is 2.19. The van der Waals surface area contributed by atoms with Gasteiger partial charge in [-0.05, 0) is 96.3 Å². The van der Waals surface area contributed by atoms with E-state index >= 15 is 0 Å². The van der Waals surface area contributed by atoms with Crippen molar-refractivity contribution in [1.82, 2.24) is 0 Å². The van der Waals surface area contributed by atoms with Crippen molar-refractivity contribution in [3.63, 3.8) is 0 Å². The molecule has 0 aromatic heterocycles. The average Bonchev–Trinajstić information content (AvgIpc) is 3.45. The molecular weight excluding hydrogens is 973 g/mol. The second-order valence-electron chi connectivity index (χ2n) is 22.7. The fraction of sp³-hybridized carbons (Fsp3) is 0.767. The number of unbranched alkanes of at least 4 members (excludes halogenated alkanes) is 37. The topological polar surface area (TPSA) is 78.9 Å². The largest absolute Gasteiger partial charge is 0.462 e. The van der Waals surface area contributed by atoms with E-state index in [-0.39, 0.29) is 31.1 Å². The molecule has 1 unspecified atom stereocenters. The lowest BCUT2D eigenvalue weighted by Crippen LogP contribution is -2.30. The molecule has 0 rings (SSSR count). The molecule has 0 saturated carbocycles. The number of carbonyl (C=O) groups excluding carboxylic acids is 3. The summed E-state index contributed by atoms with van der Waals surface area (Å²) in [6.45, 7) is 6.52. The number of hydrogen-bond acceptors (Lipinski definition) is 6. The molecular formula is C73H128O6. The van der Waals surface area contributed by atoms with Crippen LogP contribution in [0.4, 0.5) is 0 Å². The van der Waals surface area contributed by atoms with Crippen molar-refractivity contribution in [1.29, 1.82) is 0 Å². The Morgan fingerprint density at radius 1 is 0.266 bits per heavy atom. The summed E-state index contributed by atoms with van der Waals surface area (Å²) in [7, 11) is 0. The van der Waals surface area contributed by atoms with Crippen molar-refractivity contribution in [2.24, 2.45) is 0 Å². The number of esters is 3. The average molecular weight is 1100 g/mol. The van der Waals surface area contributed by atoms with Crippen LogP contribution in [0.3, 0.4) is 0 Å². The number of allylic oxidation sites excluding steroid dienone is 14.